The Kier molecular flexibility index (Phi) is 3.89. The number of carbonyl (C=O) groups is 1. The summed E-state index contributed by atoms with van der Waals surface area (Å²) >= 11 is 0. The molecule has 1 amide bonds. The molecular weight excluding hydrogens is 314 g/mol. The molecular formula is C20H27N3O2. The molecule has 2 bridgehead atoms. The van der Waals surface area contributed by atoms with Crippen LogP contribution < -0.4 is 5.32 Å². The third-order valence-corrected chi connectivity index (χ3v) is 5.26. The van der Waals surface area contributed by atoms with E-state index < -0.39 is 5.60 Å². The molecule has 5 nitrogen and oxygen atoms in total. The zero-order valence-corrected chi connectivity index (χ0v) is 15.2. The molecule has 0 spiro atoms. The maximum atomic E-state index is 12.5. The van der Waals surface area contributed by atoms with Crippen molar-refractivity contribution in [3.05, 3.63) is 30.5 Å². The Morgan fingerprint density at radius 3 is 2.60 bits per heavy atom. The molecule has 2 aliphatic rings. The molecule has 2 unspecified atom stereocenters. The number of benzene rings is 1. The lowest BCUT2D eigenvalue weighted by atomic mass is 9.97. The second kappa shape index (κ2) is 5.97. The van der Waals surface area contributed by atoms with E-state index in [1.54, 1.807) is 0 Å². The third kappa shape index (κ3) is 3.32. The molecule has 134 valence electrons. The van der Waals surface area contributed by atoms with E-state index in [0.717, 1.165) is 36.9 Å². The van der Waals surface area contributed by atoms with Crippen molar-refractivity contribution in [2.45, 2.75) is 70.2 Å². The van der Waals surface area contributed by atoms with Crippen LogP contribution in [0.2, 0.25) is 0 Å². The topological polar surface area (TPSA) is 57.4 Å². The minimum atomic E-state index is -0.433. The van der Waals surface area contributed by atoms with Gasteiger partial charge in [0.1, 0.15) is 5.60 Å². The van der Waals surface area contributed by atoms with Crippen LogP contribution in [-0.4, -0.2) is 39.7 Å². The largest absolute Gasteiger partial charge is 0.444 e. The molecule has 3 heterocycles. The minimum Gasteiger partial charge on any atom is -0.444 e. The molecule has 2 N–H and O–H groups in total. The number of nitrogens with zero attached hydrogens (tertiary/aromatic N) is 1. The van der Waals surface area contributed by atoms with Gasteiger partial charge in [0.25, 0.3) is 0 Å². The summed E-state index contributed by atoms with van der Waals surface area (Å²) in [5, 5.41) is 4.90. The zero-order valence-electron chi connectivity index (χ0n) is 15.2. The normalized spacial score (nSPS) is 26.0. The monoisotopic (exact) mass is 341 g/mol. The van der Waals surface area contributed by atoms with Crippen LogP contribution in [0.25, 0.3) is 10.9 Å². The van der Waals surface area contributed by atoms with Gasteiger partial charge in [-0.25, -0.2) is 4.79 Å². The zero-order chi connectivity index (χ0) is 17.6. The fraction of sp³-hybridized carbons (Fsp3) is 0.550. The summed E-state index contributed by atoms with van der Waals surface area (Å²) in [7, 11) is 0. The Labute approximate surface area is 148 Å². The van der Waals surface area contributed by atoms with Gasteiger partial charge in [0.2, 0.25) is 0 Å². The number of anilines is 1. The summed E-state index contributed by atoms with van der Waals surface area (Å²) < 4.78 is 5.61. The Morgan fingerprint density at radius 2 is 1.92 bits per heavy atom. The van der Waals surface area contributed by atoms with Gasteiger partial charge in [-0.1, -0.05) is 0 Å². The molecule has 0 aliphatic carbocycles. The van der Waals surface area contributed by atoms with Crippen LogP contribution in [0.5, 0.6) is 0 Å². The fourth-order valence-corrected chi connectivity index (χ4v) is 4.29. The van der Waals surface area contributed by atoms with Crippen LogP contribution in [0, 0.1) is 0 Å². The molecule has 2 fully saturated rings. The van der Waals surface area contributed by atoms with Gasteiger partial charge in [-0.2, -0.15) is 0 Å². The molecule has 2 saturated heterocycles. The molecule has 1 aromatic heterocycles. The van der Waals surface area contributed by atoms with E-state index in [9.17, 15) is 4.79 Å². The number of fused-ring (bicyclic) bond motifs is 3. The molecule has 2 atom stereocenters. The third-order valence-electron chi connectivity index (χ3n) is 5.26. The number of ether oxygens (including phenoxy) is 1. The average molecular weight is 341 g/mol. The van der Waals surface area contributed by atoms with E-state index in [0.29, 0.717) is 18.1 Å². The molecule has 25 heavy (non-hydrogen) atoms. The average Bonchev–Trinajstić information content (AvgIpc) is 3.08. The highest BCUT2D eigenvalue weighted by molar-refractivity contribution is 5.83. The summed E-state index contributed by atoms with van der Waals surface area (Å²) in [6.07, 6.45) is 5.96. The Bertz CT molecular complexity index is 763. The number of aromatic nitrogens is 1. The van der Waals surface area contributed by atoms with Crippen molar-refractivity contribution in [2.24, 2.45) is 0 Å². The van der Waals surface area contributed by atoms with Gasteiger partial charge >= 0.3 is 6.09 Å². The molecule has 1 aromatic carbocycles. The van der Waals surface area contributed by atoms with Crippen molar-refractivity contribution in [3.8, 4) is 0 Å². The molecule has 0 radical (unpaired) electrons. The van der Waals surface area contributed by atoms with E-state index in [4.69, 9.17) is 4.74 Å². The van der Waals surface area contributed by atoms with Gasteiger partial charge in [0.15, 0.2) is 0 Å². The number of nitrogens with one attached hydrogen (secondary N) is 2. The number of carbonyl (C=O) groups excluding carboxylic acids is 1. The SMILES string of the molecule is CC(C)(C)OC(=O)N1C2CCC1CC(Nc1ccc3[nH]ccc3c1)C2. The highest BCUT2D eigenvalue weighted by atomic mass is 16.6. The first-order valence-corrected chi connectivity index (χ1v) is 9.24. The first-order chi connectivity index (χ1) is 11.9. The van der Waals surface area contributed by atoms with Gasteiger partial charge < -0.3 is 19.9 Å². The summed E-state index contributed by atoms with van der Waals surface area (Å²) in [6, 6.07) is 9.52. The second-order valence-corrected chi connectivity index (χ2v) is 8.36. The molecule has 2 aliphatic heterocycles. The summed E-state index contributed by atoms with van der Waals surface area (Å²) in [4.78, 5) is 17.8. The fourth-order valence-electron chi connectivity index (χ4n) is 4.29. The molecule has 4 rings (SSSR count). The lowest BCUT2D eigenvalue weighted by molar-refractivity contribution is 0.00684. The van der Waals surface area contributed by atoms with Gasteiger partial charge in [-0.05, 0) is 70.7 Å². The molecule has 2 aromatic rings. The number of hydrogen-bond acceptors (Lipinski definition) is 3. The van der Waals surface area contributed by atoms with Crippen molar-refractivity contribution in [1.29, 1.82) is 0 Å². The molecule has 0 saturated carbocycles. The van der Waals surface area contributed by atoms with Gasteiger partial charge in [0.05, 0.1) is 0 Å². The number of amides is 1. The summed E-state index contributed by atoms with van der Waals surface area (Å²) in [6.45, 7) is 5.79. The first-order valence-electron chi connectivity index (χ1n) is 9.24. The Hall–Kier alpha value is -2.17. The lowest BCUT2D eigenvalue weighted by Crippen LogP contribution is -2.51. The van der Waals surface area contributed by atoms with Crippen molar-refractivity contribution < 1.29 is 9.53 Å². The van der Waals surface area contributed by atoms with Crippen LogP contribution in [0.4, 0.5) is 10.5 Å². The van der Waals surface area contributed by atoms with E-state index in [1.807, 2.05) is 31.9 Å². The van der Waals surface area contributed by atoms with Crippen molar-refractivity contribution in [2.75, 3.05) is 5.32 Å². The number of H-pyrrole nitrogens is 1. The quantitative estimate of drug-likeness (QED) is 0.845. The van der Waals surface area contributed by atoms with E-state index in [1.165, 1.54) is 5.39 Å². The summed E-state index contributed by atoms with van der Waals surface area (Å²) in [5.41, 5.74) is 1.88. The number of piperidine rings is 1. The first kappa shape index (κ1) is 16.3. The second-order valence-electron chi connectivity index (χ2n) is 8.36. The van der Waals surface area contributed by atoms with Crippen molar-refractivity contribution >= 4 is 22.7 Å². The minimum absolute atomic E-state index is 0.146. The maximum Gasteiger partial charge on any atom is 0.410 e. The molecule has 5 heteroatoms. The standard InChI is InChI=1S/C20H27N3O2/c1-20(2,3)25-19(24)23-16-5-6-17(23)12-15(11-16)22-14-4-7-18-13(10-14)8-9-21-18/h4,7-10,15-17,21-22H,5-6,11-12H2,1-3H3. The summed E-state index contributed by atoms with van der Waals surface area (Å²) in [5.74, 6) is 0. The highest BCUT2D eigenvalue weighted by Gasteiger charge is 2.44. The van der Waals surface area contributed by atoms with Crippen LogP contribution in [0.3, 0.4) is 0 Å². The van der Waals surface area contributed by atoms with Crippen LogP contribution in [0.15, 0.2) is 30.5 Å². The van der Waals surface area contributed by atoms with Gasteiger partial charge in [0, 0.05) is 40.9 Å². The number of hydrogen-bond donors (Lipinski definition) is 2. The maximum absolute atomic E-state index is 12.5. The lowest BCUT2D eigenvalue weighted by Gasteiger charge is -2.40. The Balaban J connectivity index is 1.43. The van der Waals surface area contributed by atoms with Crippen molar-refractivity contribution in [3.63, 3.8) is 0 Å². The van der Waals surface area contributed by atoms with Crippen LogP contribution in [0.1, 0.15) is 46.5 Å². The van der Waals surface area contributed by atoms with Crippen molar-refractivity contribution in [1.82, 2.24) is 9.88 Å². The predicted molar refractivity (Wildman–Crippen MR) is 99.8 cm³/mol. The van der Waals surface area contributed by atoms with Gasteiger partial charge in [-0.15, -0.1) is 0 Å². The van der Waals surface area contributed by atoms with Gasteiger partial charge in [-0.3, -0.25) is 0 Å². The van der Waals surface area contributed by atoms with E-state index >= 15 is 0 Å². The highest BCUT2D eigenvalue weighted by Crippen LogP contribution is 2.38. The van der Waals surface area contributed by atoms with E-state index in [-0.39, 0.29) is 6.09 Å². The van der Waals surface area contributed by atoms with Crippen LogP contribution in [-0.2, 0) is 4.74 Å². The van der Waals surface area contributed by atoms with Crippen LogP contribution >= 0.6 is 0 Å². The number of rotatable bonds is 2. The Morgan fingerprint density at radius 1 is 1.20 bits per heavy atom. The van der Waals surface area contributed by atoms with E-state index in [2.05, 4.69) is 34.6 Å². The smallest absolute Gasteiger partial charge is 0.410 e. The predicted octanol–water partition coefficient (Wildman–Crippen LogP) is 4.51. The number of aromatic amines is 1.